The standard InChI is InChI=1S/C7H7N3OS/c12-7-8-10(9-11-7)6-4-2-1-3-5-6/h1-5,9H,(H,8,12)/p-1. The Morgan fingerprint density at radius 2 is 2.08 bits per heavy atom. The van der Waals surface area contributed by atoms with Crippen LogP contribution in [0, 0.1) is 0 Å². The Hall–Kier alpha value is -1.33. The Balaban J connectivity index is 2.22. The molecule has 0 radical (unpaired) electrons. The monoisotopic (exact) mass is 180 g/mol. The van der Waals surface area contributed by atoms with Crippen molar-refractivity contribution in [2.75, 3.05) is 5.12 Å². The summed E-state index contributed by atoms with van der Waals surface area (Å²) in [5.74, 6) is 0. The maximum atomic E-state index is 4.76. The lowest BCUT2D eigenvalue weighted by atomic mass is 10.3. The molecule has 0 amide bonds. The lowest BCUT2D eigenvalue weighted by Gasteiger charge is -2.10. The van der Waals surface area contributed by atoms with Gasteiger partial charge in [-0.2, -0.15) is 5.12 Å². The number of nitrogens with zero attached hydrogens (tertiary/aromatic N) is 2. The molecule has 4 nitrogen and oxygen atoms in total. The molecule has 0 aromatic heterocycles. The second kappa shape index (κ2) is 2.96. The third-order valence-corrected chi connectivity index (χ3v) is 1.57. The van der Waals surface area contributed by atoms with Crippen molar-refractivity contribution in [3.63, 3.8) is 0 Å². The van der Waals surface area contributed by atoms with Crippen LogP contribution in [0.5, 0.6) is 0 Å². The second-order valence-electron chi connectivity index (χ2n) is 2.21. The van der Waals surface area contributed by atoms with Crippen LogP contribution in [-0.2, 0) is 17.5 Å². The van der Waals surface area contributed by atoms with Crippen molar-refractivity contribution in [3.8, 4) is 0 Å². The van der Waals surface area contributed by atoms with Crippen LogP contribution in [0.3, 0.4) is 0 Å². The maximum Gasteiger partial charge on any atom is 0.118 e. The van der Waals surface area contributed by atoms with Gasteiger partial charge < -0.3 is 17.5 Å². The highest BCUT2D eigenvalue weighted by Gasteiger charge is 2.08. The summed E-state index contributed by atoms with van der Waals surface area (Å²) in [7, 11) is 0. The Kier molecular flexibility index (Phi) is 1.81. The number of rotatable bonds is 1. The zero-order valence-corrected chi connectivity index (χ0v) is 6.91. The fraction of sp³-hybridized carbons (Fsp3) is 0. The molecule has 2 rings (SSSR count). The van der Waals surface area contributed by atoms with Gasteiger partial charge in [-0.05, 0) is 17.7 Å². The molecular weight excluding hydrogens is 174 g/mol. The van der Waals surface area contributed by atoms with E-state index in [0.29, 0.717) is 0 Å². The maximum absolute atomic E-state index is 4.76. The van der Waals surface area contributed by atoms with Gasteiger partial charge in [-0.25, -0.2) is 0 Å². The number of nitrogens with one attached hydrogen (secondary N) is 1. The smallest absolute Gasteiger partial charge is 0.118 e. The number of para-hydroxylation sites is 1. The summed E-state index contributed by atoms with van der Waals surface area (Å²) in [6.45, 7) is 0. The van der Waals surface area contributed by atoms with Gasteiger partial charge in [0.2, 0.25) is 0 Å². The molecule has 1 aromatic carbocycles. The van der Waals surface area contributed by atoms with Crippen LogP contribution >= 0.6 is 0 Å². The van der Waals surface area contributed by atoms with Crippen LogP contribution in [0.25, 0.3) is 0 Å². The molecule has 0 fully saturated rings. The largest absolute Gasteiger partial charge is 0.718 e. The first kappa shape index (κ1) is 7.33. The number of hydrazone groups is 1. The van der Waals surface area contributed by atoms with Crippen molar-refractivity contribution in [1.29, 1.82) is 0 Å². The van der Waals surface area contributed by atoms with Crippen LogP contribution in [0.15, 0.2) is 35.4 Å². The number of hydrogen-bond donors (Lipinski definition) is 1. The summed E-state index contributed by atoms with van der Waals surface area (Å²) in [6, 6.07) is 9.54. The highest BCUT2D eigenvalue weighted by molar-refractivity contribution is 7.76. The first-order valence-electron chi connectivity index (χ1n) is 3.39. The van der Waals surface area contributed by atoms with Crippen molar-refractivity contribution in [1.82, 2.24) is 5.59 Å². The topological polar surface area (TPSA) is 36.9 Å². The molecule has 1 heterocycles. The molecule has 0 saturated carbocycles. The summed E-state index contributed by atoms with van der Waals surface area (Å²) in [5, 5.41) is 5.56. The normalized spacial score (nSPS) is 15.7. The van der Waals surface area contributed by atoms with Gasteiger partial charge in [0.05, 0.1) is 5.69 Å². The van der Waals surface area contributed by atoms with Crippen molar-refractivity contribution in [2.45, 2.75) is 0 Å². The SMILES string of the molecule is [S-]C1=NN(c2ccccc2)NO1. The molecule has 1 aliphatic rings. The summed E-state index contributed by atoms with van der Waals surface area (Å²) in [5.41, 5.74) is 3.43. The predicted molar refractivity (Wildman–Crippen MR) is 47.9 cm³/mol. The van der Waals surface area contributed by atoms with E-state index in [-0.39, 0.29) is 5.23 Å². The van der Waals surface area contributed by atoms with Crippen LogP contribution < -0.4 is 10.7 Å². The van der Waals surface area contributed by atoms with Gasteiger partial charge in [0.25, 0.3) is 0 Å². The van der Waals surface area contributed by atoms with Crippen LogP contribution in [0.1, 0.15) is 0 Å². The van der Waals surface area contributed by atoms with E-state index >= 15 is 0 Å². The summed E-state index contributed by atoms with van der Waals surface area (Å²) in [6.07, 6.45) is 0. The number of hydrazine groups is 1. The number of hydrogen-bond acceptors (Lipinski definition) is 5. The van der Waals surface area contributed by atoms with E-state index in [4.69, 9.17) is 17.5 Å². The zero-order valence-electron chi connectivity index (χ0n) is 6.10. The lowest BCUT2D eigenvalue weighted by molar-refractivity contribution is 0.208. The van der Waals surface area contributed by atoms with Crippen molar-refractivity contribution in [3.05, 3.63) is 30.3 Å². The average molecular weight is 180 g/mol. The fourth-order valence-corrected chi connectivity index (χ4v) is 1.00. The molecule has 12 heavy (non-hydrogen) atoms. The second-order valence-corrected chi connectivity index (χ2v) is 2.56. The number of anilines is 1. The number of benzene rings is 1. The Labute approximate surface area is 75.2 Å². The molecule has 62 valence electrons. The molecule has 0 bridgehead atoms. The highest BCUT2D eigenvalue weighted by Crippen LogP contribution is 2.13. The molecule has 1 N–H and O–H groups in total. The van der Waals surface area contributed by atoms with Crippen molar-refractivity contribution < 1.29 is 4.84 Å². The minimum atomic E-state index is 0.193. The quantitative estimate of drug-likeness (QED) is 0.647. The minimum absolute atomic E-state index is 0.193. The van der Waals surface area contributed by atoms with Gasteiger partial charge in [-0.3, -0.25) is 0 Å². The van der Waals surface area contributed by atoms with E-state index in [9.17, 15) is 0 Å². The fourth-order valence-electron chi connectivity index (χ4n) is 0.884. The summed E-state index contributed by atoms with van der Waals surface area (Å²) >= 11 is 4.70. The van der Waals surface area contributed by atoms with E-state index in [2.05, 4.69) is 10.7 Å². The Morgan fingerprint density at radius 1 is 1.33 bits per heavy atom. The van der Waals surface area contributed by atoms with E-state index < -0.39 is 0 Å². The first-order chi connectivity index (χ1) is 5.86. The highest BCUT2D eigenvalue weighted by atomic mass is 32.1. The Bertz CT molecular complexity index is 301. The van der Waals surface area contributed by atoms with Gasteiger partial charge in [0, 0.05) is 0 Å². The van der Waals surface area contributed by atoms with E-state index in [1.54, 1.807) is 0 Å². The summed E-state index contributed by atoms with van der Waals surface area (Å²) < 4.78 is 0. The van der Waals surface area contributed by atoms with Crippen LogP contribution in [0.2, 0.25) is 0 Å². The zero-order chi connectivity index (χ0) is 8.39. The third kappa shape index (κ3) is 1.32. The van der Waals surface area contributed by atoms with Crippen LogP contribution in [-0.4, -0.2) is 5.23 Å². The average Bonchev–Trinajstić information content (AvgIpc) is 2.54. The summed E-state index contributed by atoms with van der Waals surface area (Å²) in [4.78, 5) is 4.76. The Morgan fingerprint density at radius 3 is 2.67 bits per heavy atom. The molecule has 0 aliphatic carbocycles. The first-order valence-corrected chi connectivity index (χ1v) is 3.80. The minimum Gasteiger partial charge on any atom is -0.718 e. The molecular formula is C7H6N3OS-. The van der Waals surface area contributed by atoms with Crippen molar-refractivity contribution >= 4 is 23.5 Å². The van der Waals surface area contributed by atoms with E-state index in [1.807, 2.05) is 30.3 Å². The molecule has 0 spiro atoms. The molecule has 1 aliphatic heterocycles. The van der Waals surface area contributed by atoms with Crippen LogP contribution in [0.4, 0.5) is 5.69 Å². The third-order valence-electron chi connectivity index (χ3n) is 1.40. The molecule has 1 aromatic rings. The van der Waals surface area contributed by atoms with Gasteiger partial charge in [0.15, 0.2) is 0 Å². The molecule has 0 saturated heterocycles. The van der Waals surface area contributed by atoms with Gasteiger partial charge in [-0.1, -0.05) is 18.2 Å². The molecule has 0 unspecified atom stereocenters. The van der Waals surface area contributed by atoms with Gasteiger partial charge in [0.1, 0.15) is 5.23 Å². The molecule has 5 heteroatoms. The van der Waals surface area contributed by atoms with Gasteiger partial charge >= 0.3 is 0 Å². The predicted octanol–water partition coefficient (Wildman–Crippen LogP) is 0.761. The lowest BCUT2D eigenvalue weighted by Crippen LogP contribution is -2.26. The van der Waals surface area contributed by atoms with E-state index in [0.717, 1.165) is 5.69 Å². The van der Waals surface area contributed by atoms with E-state index in [1.165, 1.54) is 5.12 Å². The molecule has 0 atom stereocenters. The van der Waals surface area contributed by atoms with Gasteiger partial charge in [-0.15, -0.1) is 5.10 Å². The van der Waals surface area contributed by atoms with Crippen molar-refractivity contribution in [2.24, 2.45) is 5.10 Å².